The van der Waals surface area contributed by atoms with Gasteiger partial charge in [0.15, 0.2) is 0 Å². The molecule has 0 aliphatic rings. The van der Waals surface area contributed by atoms with Gasteiger partial charge in [-0.15, -0.1) is 0 Å². The predicted molar refractivity (Wildman–Crippen MR) is 36.6 cm³/mol. The van der Waals surface area contributed by atoms with E-state index in [0.29, 0.717) is 0 Å². The van der Waals surface area contributed by atoms with Crippen LogP contribution in [0.1, 0.15) is 27.2 Å². The number of hydrogen-bond acceptors (Lipinski definition) is 0. The Kier molecular flexibility index (Phi) is 12.5. The Bertz CT molecular complexity index is 25.4. The summed E-state index contributed by atoms with van der Waals surface area (Å²) in [5.41, 5.74) is 0. The van der Waals surface area contributed by atoms with Gasteiger partial charge in [0.1, 0.15) is 0 Å². The molecule has 0 spiro atoms. The van der Waals surface area contributed by atoms with Crippen LogP contribution in [0.25, 0.3) is 0 Å². The minimum absolute atomic E-state index is 0. The van der Waals surface area contributed by atoms with E-state index in [1.807, 2.05) is 0 Å². The zero-order valence-electron chi connectivity index (χ0n) is 4.86. The number of rotatable bonds is 2. The second kappa shape index (κ2) is 7.64. The minimum atomic E-state index is 0. The van der Waals surface area contributed by atoms with Gasteiger partial charge in [0.25, 0.3) is 0 Å². The molecule has 0 fully saturated rings. The molecule has 0 nitrogen and oxygen atoms in total. The Labute approximate surface area is 89.5 Å². The van der Waals surface area contributed by atoms with Crippen LogP contribution < -0.4 is 0 Å². The molecule has 0 heterocycles. The van der Waals surface area contributed by atoms with Crippen molar-refractivity contribution in [1.29, 1.82) is 0 Å². The standard InChI is InChI=1S/C6H13.K.H/c1-4-5-6(2)3;;/h4,6H,5H2,1-3H3;;. The van der Waals surface area contributed by atoms with Gasteiger partial charge in [0.2, 0.25) is 0 Å². The second-order valence-electron chi connectivity index (χ2n) is 2.04. The van der Waals surface area contributed by atoms with Gasteiger partial charge in [-0.05, 0) is 18.8 Å². The fraction of sp³-hybridized carbons (Fsp3) is 0.833. The normalized spacial score (nSPS) is 8.57. The van der Waals surface area contributed by atoms with E-state index < -0.39 is 0 Å². The fourth-order valence-electron chi connectivity index (χ4n) is 0.471. The first kappa shape index (κ1) is 11.4. The quantitative estimate of drug-likeness (QED) is 0.492. The van der Waals surface area contributed by atoms with E-state index in [2.05, 4.69) is 27.2 Å². The summed E-state index contributed by atoms with van der Waals surface area (Å²) in [4.78, 5) is 0. The molecule has 0 unspecified atom stereocenters. The van der Waals surface area contributed by atoms with Crippen LogP contribution in [0, 0.1) is 12.3 Å². The Hall–Kier alpha value is 1.64. The zero-order chi connectivity index (χ0) is 4.99. The Balaban J connectivity index is 0. The van der Waals surface area contributed by atoms with E-state index in [4.69, 9.17) is 0 Å². The molecule has 0 bridgehead atoms. The van der Waals surface area contributed by atoms with E-state index in [0.717, 1.165) is 5.92 Å². The summed E-state index contributed by atoms with van der Waals surface area (Å²) in [7, 11) is 0. The van der Waals surface area contributed by atoms with Crippen LogP contribution in [0.15, 0.2) is 0 Å². The zero-order valence-corrected chi connectivity index (χ0v) is 4.86. The van der Waals surface area contributed by atoms with E-state index in [9.17, 15) is 0 Å². The third-order valence-electron chi connectivity index (χ3n) is 0.707. The molecule has 1 radical (unpaired) electrons. The Morgan fingerprint density at radius 3 is 1.86 bits per heavy atom. The van der Waals surface area contributed by atoms with Crippen LogP contribution >= 0.6 is 0 Å². The van der Waals surface area contributed by atoms with E-state index in [-0.39, 0.29) is 51.4 Å². The van der Waals surface area contributed by atoms with Gasteiger partial charge in [0, 0.05) is 0 Å². The molecule has 39 valence electrons. The van der Waals surface area contributed by atoms with Crippen LogP contribution in [0.2, 0.25) is 0 Å². The van der Waals surface area contributed by atoms with Crippen molar-refractivity contribution in [3.63, 3.8) is 0 Å². The third-order valence-corrected chi connectivity index (χ3v) is 0.707. The van der Waals surface area contributed by atoms with E-state index in [1.54, 1.807) is 0 Å². The molecule has 0 aromatic carbocycles. The molecule has 0 aliphatic heterocycles. The molecule has 0 saturated carbocycles. The summed E-state index contributed by atoms with van der Waals surface area (Å²) in [6.07, 6.45) is 3.45. The topological polar surface area (TPSA) is 0 Å². The maximum atomic E-state index is 2.22. The summed E-state index contributed by atoms with van der Waals surface area (Å²) in [5.74, 6) is 0.843. The van der Waals surface area contributed by atoms with E-state index >= 15 is 0 Å². The predicted octanol–water partition coefficient (Wildman–Crippen LogP) is 1.61. The van der Waals surface area contributed by atoms with Crippen LogP contribution in [0.5, 0.6) is 0 Å². The summed E-state index contributed by atoms with van der Waals surface area (Å²) >= 11 is 0. The summed E-state index contributed by atoms with van der Waals surface area (Å²) in [5, 5.41) is 0. The van der Waals surface area contributed by atoms with Crippen molar-refractivity contribution in [2.75, 3.05) is 0 Å². The first-order valence-corrected chi connectivity index (χ1v) is 2.55. The third kappa shape index (κ3) is 11.3. The van der Waals surface area contributed by atoms with Gasteiger partial charge in [-0.1, -0.05) is 20.8 Å². The second-order valence-corrected chi connectivity index (χ2v) is 2.04. The average molecular weight is 125 g/mol. The maximum absolute atomic E-state index is 2.22. The van der Waals surface area contributed by atoms with Crippen molar-refractivity contribution in [3.8, 4) is 0 Å². The monoisotopic (exact) mass is 125 g/mol. The van der Waals surface area contributed by atoms with Crippen LogP contribution in [-0.2, 0) is 0 Å². The van der Waals surface area contributed by atoms with E-state index in [1.165, 1.54) is 6.42 Å². The van der Waals surface area contributed by atoms with Crippen LogP contribution in [0.3, 0.4) is 0 Å². The molecule has 0 aromatic rings. The van der Waals surface area contributed by atoms with Gasteiger partial charge in [-0.25, -0.2) is 0 Å². The van der Waals surface area contributed by atoms with Crippen molar-refractivity contribution in [2.24, 2.45) is 5.92 Å². The summed E-state index contributed by atoms with van der Waals surface area (Å²) in [6.45, 7) is 6.54. The van der Waals surface area contributed by atoms with Crippen molar-refractivity contribution in [3.05, 3.63) is 6.42 Å². The van der Waals surface area contributed by atoms with Gasteiger partial charge < -0.3 is 0 Å². The molecule has 0 N–H and O–H groups in total. The Morgan fingerprint density at radius 1 is 1.43 bits per heavy atom. The summed E-state index contributed by atoms with van der Waals surface area (Å²) < 4.78 is 0. The first-order valence-electron chi connectivity index (χ1n) is 2.55. The molecular formula is C6H14K. The molecule has 0 saturated heterocycles. The van der Waals surface area contributed by atoms with Crippen LogP contribution in [0.4, 0.5) is 0 Å². The SMILES string of the molecule is C[CH]CC(C)C.[KH]. The Morgan fingerprint density at radius 2 is 1.86 bits per heavy atom. The average Bonchev–Trinajstić information content (AvgIpc) is 1.35. The fourth-order valence-corrected chi connectivity index (χ4v) is 0.471. The molecule has 0 aliphatic carbocycles. The summed E-state index contributed by atoms with van der Waals surface area (Å²) in [6, 6.07) is 0. The van der Waals surface area contributed by atoms with Gasteiger partial charge in [0.05, 0.1) is 0 Å². The molecule has 0 atom stereocenters. The van der Waals surface area contributed by atoms with Crippen molar-refractivity contribution in [2.45, 2.75) is 27.2 Å². The van der Waals surface area contributed by atoms with Crippen LogP contribution in [-0.4, -0.2) is 51.4 Å². The molecule has 1 heteroatoms. The van der Waals surface area contributed by atoms with Gasteiger partial charge in [-0.2, -0.15) is 0 Å². The molecule has 7 heavy (non-hydrogen) atoms. The van der Waals surface area contributed by atoms with Crippen molar-refractivity contribution in [1.82, 2.24) is 0 Å². The molecule has 0 rings (SSSR count). The van der Waals surface area contributed by atoms with Crippen molar-refractivity contribution < 1.29 is 0 Å². The van der Waals surface area contributed by atoms with Gasteiger partial charge in [-0.3, -0.25) is 0 Å². The molecule has 0 aromatic heterocycles. The van der Waals surface area contributed by atoms with Gasteiger partial charge >= 0.3 is 51.4 Å². The molecule has 0 amide bonds. The van der Waals surface area contributed by atoms with Crippen molar-refractivity contribution >= 4 is 51.4 Å². The number of hydrogen-bond donors (Lipinski definition) is 0. The first-order chi connectivity index (χ1) is 2.77. The molecular weight excluding hydrogens is 111 g/mol.